The molecule has 0 unspecified atom stereocenters. The molecule has 2 aromatic carbocycles. The SMILES string of the molecule is CCc1ccc(/C=C/c2ccc3c(c2O)C(=O)C2=C(O)[C@@]4(O)C(=O)C(C(C)=O)=C(C)C[C@@]4(C)[C@H](O)[C@@]2(C)[C@@H]3C)cc1. The molecule has 0 saturated carbocycles. The zero-order chi connectivity index (χ0) is 30.2. The van der Waals surface area contributed by atoms with Crippen LogP contribution in [0.15, 0.2) is 58.9 Å². The largest absolute Gasteiger partial charge is 0.508 e. The predicted molar refractivity (Wildman–Crippen MR) is 155 cm³/mol. The monoisotopic (exact) mass is 556 g/mol. The first-order chi connectivity index (χ1) is 19.2. The quantitative estimate of drug-likeness (QED) is 0.299. The summed E-state index contributed by atoms with van der Waals surface area (Å²) in [4.78, 5) is 40.2. The summed E-state index contributed by atoms with van der Waals surface area (Å²) in [7, 11) is 0. The summed E-state index contributed by atoms with van der Waals surface area (Å²) in [6.07, 6.45) is 2.92. The van der Waals surface area contributed by atoms with Crippen molar-refractivity contribution in [2.24, 2.45) is 10.8 Å². The van der Waals surface area contributed by atoms with Crippen LogP contribution in [-0.4, -0.2) is 49.5 Å². The molecule has 214 valence electrons. The van der Waals surface area contributed by atoms with Gasteiger partial charge in [0.05, 0.1) is 22.8 Å². The number of allylic oxidation sites excluding steroid dienone is 1. The Balaban J connectivity index is 1.69. The number of hydrogen-bond donors (Lipinski definition) is 4. The van der Waals surface area contributed by atoms with Crippen molar-refractivity contribution in [3.05, 3.63) is 86.7 Å². The molecule has 2 aromatic rings. The summed E-state index contributed by atoms with van der Waals surface area (Å²) < 4.78 is 0. The molecule has 0 amide bonds. The van der Waals surface area contributed by atoms with E-state index in [2.05, 4.69) is 6.92 Å². The number of benzene rings is 2. The summed E-state index contributed by atoms with van der Waals surface area (Å²) in [5.74, 6) is -4.16. The highest BCUT2D eigenvalue weighted by atomic mass is 16.4. The maximum Gasteiger partial charge on any atom is 0.206 e. The Morgan fingerprint density at radius 2 is 1.68 bits per heavy atom. The molecule has 7 nitrogen and oxygen atoms in total. The highest BCUT2D eigenvalue weighted by Gasteiger charge is 2.72. The van der Waals surface area contributed by atoms with Gasteiger partial charge in [-0.25, -0.2) is 0 Å². The second-order valence-electron chi connectivity index (χ2n) is 12.2. The van der Waals surface area contributed by atoms with Crippen molar-refractivity contribution in [3.63, 3.8) is 0 Å². The smallest absolute Gasteiger partial charge is 0.206 e. The zero-order valence-electron chi connectivity index (χ0n) is 24.2. The summed E-state index contributed by atoms with van der Waals surface area (Å²) in [5.41, 5.74) is -2.99. The highest BCUT2D eigenvalue weighted by Crippen LogP contribution is 2.65. The summed E-state index contributed by atoms with van der Waals surface area (Å²) in [5, 5.41) is 46.9. The number of aryl methyl sites for hydroxylation is 1. The van der Waals surface area contributed by atoms with Crippen LogP contribution in [0.25, 0.3) is 12.2 Å². The van der Waals surface area contributed by atoms with Crippen LogP contribution in [0.3, 0.4) is 0 Å². The molecule has 3 aliphatic carbocycles. The van der Waals surface area contributed by atoms with Crippen molar-refractivity contribution in [1.82, 2.24) is 0 Å². The fraction of sp³-hybridized carbons (Fsp3) is 0.382. The minimum Gasteiger partial charge on any atom is -0.508 e. The van der Waals surface area contributed by atoms with Gasteiger partial charge >= 0.3 is 0 Å². The van der Waals surface area contributed by atoms with E-state index >= 15 is 0 Å². The lowest BCUT2D eigenvalue weighted by Crippen LogP contribution is -2.70. The lowest BCUT2D eigenvalue weighted by atomic mass is 9.44. The van der Waals surface area contributed by atoms with Crippen LogP contribution in [0, 0.1) is 10.8 Å². The van der Waals surface area contributed by atoms with E-state index in [4.69, 9.17) is 0 Å². The third-order valence-electron chi connectivity index (χ3n) is 9.99. The molecule has 0 spiro atoms. The predicted octanol–water partition coefficient (Wildman–Crippen LogP) is 5.23. The van der Waals surface area contributed by atoms with Gasteiger partial charge in [0.1, 0.15) is 11.5 Å². The molecule has 5 rings (SSSR count). The van der Waals surface area contributed by atoms with Crippen molar-refractivity contribution < 1.29 is 34.8 Å². The second-order valence-corrected chi connectivity index (χ2v) is 12.2. The number of carbonyl (C=O) groups excluding carboxylic acids is 3. The van der Waals surface area contributed by atoms with Crippen molar-refractivity contribution in [1.29, 1.82) is 0 Å². The molecule has 5 atom stereocenters. The van der Waals surface area contributed by atoms with Crippen LogP contribution in [0.4, 0.5) is 0 Å². The van der Waals surface area contributed by atoms with Gasteiger partial charge in [-0.1, -0.05) is 81.8 Å². The third-order valence-corrected chi connectivity index (χ3v) is 9.99. The van der Waals surface area contributed by atoms with Crippen molar-refractivity contribution in [2.45, 2.75) is 72.0 Å². The number of carbonyl (C=O) groups is 3. The molecule has 3 aliphatic rings. The summed E-state index contributed by atoms with van der Waals surface area (Å²) in [6.45, 7) is 9.79. The Morgan fingerprint density at radius 3 is 2.27 bits per heavy atom. The van der Waals surface area contributed by atoms with Gasteiger partial charge in [0, 0.05) is 16.4 Å². The van der Waals surface area contributed by atoms with E-state index in [1.54, 1.807) is 39.0 Å². The lowest BCUT2D eigenvalue weighted by molar-refractivity contribution is -0.188. The van der Waals surface area contributed by atoms with Gasteiger partial charge in [-0.15, -0.1) is 0 Å². The molecule has 0 aromatic heterocycles. The standard InChI is InChI=1S/C34H36O7/c1-7-20-8-10-21(11-9-20)12-13-22-14-15-23-18(3)33(6)26(28(37)25(23)27(22)36)30(39)34(41)29(38)24(19(4)35)17(2)16-32(34,5)31(33)40/h8-15,18,31,36,39-41H,7,16H2,1-6H3/b13-12+/t18-,31+,32+,33+,34+/m1/s1. The van der Waals surface area contributed by atoms with Crippen LogP contribution < -0.4 is 0 Å². The second kappa shape index (κ2) is 9.36. The van der Waals surface area contributed by atoms with Crippen molar-refractivity contribution in [2.75, 3.05) is 0 Å². The van der Waals surface area contributed by atoms with E-state index in [9.17, 15) is 34.8 Å². The number of phenolic OH excluding ortho intramolecular Hbond substituents is 1. The molecule has 0 aliphatic heterocycles. The van der Waals surface area contributed by atoms with Gasteiger partial charge in [0.2, 0.25) is 5.78 Å². The van der Waals surface area contributed by atoms with Gasteiger partial charge in [0.15, 0.2) is 17.2 Å². The number of phenols is 1. The first kappa shape index (κ1) is 28.7. The van der Waals surface area contributed by atoms with Crippen LogP contribution in [0.1, 0.15) is 86.5 Å². The van der Waals surface area contributed by atoms with Gasteiger partial charge < -0.3 is 20.4 Å². The summed E-state index contributed by atoms with van der Waals surface area (Å²) in [6, 6.07) is 11.4. The average molecular weight is 557 g/mol. The van der Waals surface area contributed by atoms with E-state index in [1.165, 1.54) is 19.4 Å². The molecule has 0 bridgehead atoms. The Labute approximate surface area is 239 Å². The molecule has 4 N–H and O–H groups in total. The van der Waals surface area contributed by atoms with Crippen LogP contribution in [0.2, 0.25) is 0 Å². The first-order valence-corrected chi connectivity index (χ1v) is 13.9. The molecule has 41 heavy (non-hydrogen) atoms. The fourth-order valence-electron chi connectivity index (χ4n) is 7.43. The number of ketones is 3. The molecular formula is C34H36O7. The molecule has 0 saturated heterocycles. The average Bonchev–Trinajstić information content (AvgIpc) is 2.92. The molecule has 7 heteroatoms. The zero-order valence-corrected chi connectivity index (χ0v) is 24.2. The van der Waals surface area contributed by atoms with Crippen molar-refractivity contribution in [3.8, 4) is 5.75 Å². The minimum absolute atomic E-state index is 0.0414. The minimum atomic E-state index is -2.70. The lowest BCUT2D eigenvalue weighted by Gasteiger charge is -2.60. The Hall–Kier alpha value is -3.81. The van der Waals surface area contributed by atoms with Crippen LogP contribution >= 0.6 is 0 Å². The van der Waals surface area contributed by atoms with Crippen molar-refractivity contribution >= 4 is 29.5 Å². The maximum atomic E-state index is 14.2. The first-order valence-electron chi connectivity index (χ1n) is 13.9. The van der Waals surface area contributed by atoms with E-state index in [0.29, 0.717) is 16.7 Å². The number of aliphatic hydroxyl groups excluding tert-OH is 2. The Morgan fingerprint density at radius 1 is 1.05 bits per heavy atom. The number of rotatable bonds is 4. The van der Waals surface area contributed by atoms with E-state index in [0.717, 1.165) is 12.0 Å². The molecule has 0 radical (unpaired) electrons. The normalized spacial score (nSPS) is 31.3. The van der Waals surface area contributed by atoms with Crippen LogP contribution in [0.5, 0.6) is 5.75 Å². The number of hydrogen-bond acceptors (Lipinski definition) is 7. The van der Waals surface area contributed by atoms with Crippen LogP contribution in [-0.2, 0) is 16.0 Å². The molecule has 0 fully saturated rings. The Bertz CT molecular complexity index is 1610. The van der Waals surface area contributed by atoms with E-state index < -0.39 is 51.6 Å². The van der Waals surface area contributed by atoms with E-state index in [-0.39, 0.29) is 28.9 Å². The molecule has 0 heterocycles. The van der Waals surface area contributed by atoms with Gasteiger partial charge in [0.25, 0.3) is 0 Å². The Kier molecular flexibility index (Phi) is 6.56. The summed E-state index contributed by atoms with van der Waals surface area (Å²) >= 11 is 0. The number of aliphatic hydroxyl groups is 3. The highest BCUT2D eigenvalue weighted by molar-refractivity contribution is 6.25. The van der Waals surface area contributed by atoms with Gasteiger partial charge in [-0.3, -0.25) is 14.4 Å². The van der Waals surface area contributed by atoms with Gasteiger partial charge in [-0.2, -0.15) is 0 Å². The number of Topliss-reactive ketones (excluding diaryl/α,β-unsaturated/α-hetero) is 3. The molecular weight excluding hydrogens is 520 g/mol. The van der Waals surface area contributed by atoms with Gasteiger partial charge in [-0.05, 0) is 49.3 Å². The van der Waals surface area contributed by atoms with E-state index in [1.807, 2.05) is 30.3 Å². The topological polar surface area (TPSA) is 132 Å². The fourth-order valence-corrected chi connectivity index (χ4v) is 7.43. The third kappa shape index (κ3) is 3.61. The number of fused-ring (bicyclic) bond motifs is 3. The maximum absolute atomic E-state index is 14.2. The number of aromatic hydroxyl groups is 1.